The molecule has 2 saturated heterocycles. The Morgan fingerprint density at radius 1 is 0.943 bits per heavy atom. The maximum absolute atomic E-state index is 12.9. The fourth-order valence-electron chi connectivity index (χ4n) is 4.33. The number of piperazine rings is 2. The van der Waals surface area contributed by atoms with Crippen LogP contribution in [0.3, 0.4) is 0 Å². The summed E-state index contributed by atoms with van der Waals surface area (Å²) >= 11 is 7.57. The van der Waals surface area contributed by atoms with Gasteiger partial charge in [-0.15, -0.1) is 0 Å². The number of thioether (sulfide) groups is 1. The standard InChI is InChI=1S/C24H31ClN6O3S/c1-3-22(32)30-14-10-29(11-15-30)21-16-20(25)26-24(27-21)35-17-23(33)31-12-8-28(9-13-31)18-6-4-5-7-19(18)34-2/h4-7,16H,3,8-15,17H2,1-2H3. The van der Waals surface area contributed by atoms with Crippen molar-refractivity contribution in [1.29, 1.82) is 0 Å². The average molecular weight is 519 g/mol. The van der Waals surface area contributed by atoms with E-state index in [1.54, 1.807) is 13.2 Å². The molecule has 2 fully saturated rings. The van der Waals surface area contributed by atoms with E-state index in [0.717, 1.165) is 30.3 Å². The third-order valence-corrected chi connectivity index (χ3v) is 7.33. The predicted molar refractivity (Wildman–Crippen MR) is 139 cm³/mol. The highest BCUT2D eigenvalue weighted by Gasteiger charge is 2.24. The fraction of sp³-hybridized carbons (Fsp3) is 0.500. The van der Waals surface area contributed by atoms with E-state index < -0.39 is 0 Å². The molecule has 2 aromatic rings. The van der Waals surface area contributed by atoms with Gasteiger partial charge in [-0.2, -0.15) is 0 Å². The molecule has 2 amide bonds. The summed E-state index contributed by atoms with van der Waals surface area (Å²) < 4.78 is 5.47. The van der Waals surface area contributed by atoms with Crippen molar-refractivity contribution >= 4 is 46.7 Å². The van der Waals surface area contributed by atoms with Crippen LogP contribution in [0.2, 0.25) is 5.15 Å². The highest BCUT2D eigenvalue weighted by molar-refractivity contribution is 7.99. The Balaban J connectivity index is 1.29. The van der Waals surface area contributed by atoms with Crippen LogP contribution < -0.4 is 14.5 Å². The third-order valence-electron chi connectivity index (χ3n) is 6.30. The molecule has 2 aliphatic heterocycles. The van der Waals surface area contributed by atoms with E-state index in [9.17, 15) is 9.59 Å². The Labute approximate surface area is 215 Å². The number of anilines is 2. The molecule has 9 nitrogen and oxygen atoms in total. The summed E-state index contributed by atoms with van der Waals surface area (Å²) in [7, 11) is 1.67. The second-order valence-electron chi connectivity index (χ2n) is 8.38. The van der Waals surface area contributed by atoms with Gasteiger partial charge >= 0.3 is 0 Å². The van der Waals surface area contributed by atoms with Crippen molar-refractivity contribution in [2.75, 3.05) is 75.0 Å². The first kappa shape index (κ1) is 25.4. The highest BCUT2D eigenvalue weighted by atomic mass is 35.5. The minimum absolute atomic E-state index is 0.0616. The molecular formula is C24H31ClN6O3S. The Morgan fingerprint density at radius 3 is 2.23 bits per heavy atom. The molecule has 1 aromatic carbocycles. The van der Waals surface area contributed by atoms with Gasteiger partial charge in [0.25, 0.3) is 0 Å². The number of rotatable bonds is 7. The van der Waals surface area contributed by atoms with Crippen molar-refractivity contribution in [2.24, 2.45) is 0 Å². The fourth-order valence-corrected chi connectivity index (χ4v) is 5.31. The van der Waals surface area contributed by atoms with Gasteiger partial charge in [0.1, 0.15) is 16.7 Å². The minimum Gasteiger partial charge on any atom is -0.495 e. The second-order valence-corrected chi connectivity index (χ2v) is 9.71. The summed E-state index contributed by atoms with van der Waals surface area (Å²) in [6, 6.07) is 9.68. The maximum Gasteiger partial charge on any atom is 0.233 e. The van der Waals surface area contributed by atoms with Gasteiger partial charge in [0.15, 0.2) is 5.16 Å². The molecule has 35 heavy (non-hydrogen) atoms. The van der Waals surface area contributed by atoms with E-state index in [0.29, 0.717) is 56.0 Å². The average Bonchev–Trinajstić information content (AvgIpc) is 2.91. The van der Waals surface area contributed by atoms with Crippen molar-refractivity contribution < 1.29 is 14.3 Å². The lowest BCUT2D eigenvalue weighted by Gasteiger charge is -2.36. The van der Waals surface area contributed by atoms with Crippen molar-refractivity contribution in [1.82, 2.24) is 19.8 Å². The minimum atomic E-state index is 0.0616. The predicted octanol–water partition coefficient (Wildman–Crippen LogP) is 2.64. The number of amides is 2. The van der Waals surface area contributed by atoms with Gasteiger partial charge in [-0.05, 0) is 12.1 Å². The van der Waals surface area contributed by atoms with Crippen molar-refractivity contribution in [3.8, 4) is 5.75 Å². The van der Waals surface area contributed by atoms with Crippen molar-refractivity contribution in [3.05, 3.63) is 35.5 Å². The molecule has 1 aromatic heterocycles. The second kappa shape index (κ2) is 11.8. The molecular weight excluding hydrogens is 488 g/mol. The number of benzene rings is 1. The molecule has 11 heteroatoms. The van der Waals surface area contributed by atoms with Crippen LogP contribution in [0.15, 0.2) is 35.5 Å². The molecule has 2 aliphatic rings. The number of halogens is 1. The number of hydrogen-bond donors (Lipinski definition) is 0. The van der Waals surface area contributed by atoms with Gasteiger partial charge in [0.05, 0.1) is 18.6 Å². The Bertz CT molecular complexity index is 1040. The molecule has 0 N–H and O–H groups in total. The van der Waals surface area contributed by atoms with Crippen LogP contribution in [0.25, 0.3) is 0 Å². The Morgan fingerprint density at radius 2 is 1.57 bits per heavy atom. The van der Waals surface area contributed by atoms with E-state index in [1.165, 1.54) is 11.8 Å². The van der Waals surface area contributed by atoms with Crippen LogP contribution in [-0.4, -0.2) is 96.8 Å². The Kier molecular flexibility index (Phi) is 8.56. The number of aromatic nitrogens is 2. The van der Waals surface area contributed by atoms with E-state index in [-0.39, 0.29) is 17.6 Å². The number of nitrogens with zero attached hydrogens (tertiary/aromatic N) is 6. The first-order valence-electron chi connectivity index (χ1n) is 11.8. The first-order valence-corrected chi connectivity index (χ1v) is 13.2. The molecule has 0 aliphatic carbocycles. The molecule has 0 saturated carbocycles. The number of methoxy groups -OCH3 is 1. The quantitative estimate of drug-likeness (QED) is 0.314. The lowest BCUT2D eigenvalue weighted by molar-refractivity contribution is -0.131. The van der Waals surface area contributed by atoms with Crippen LogP contribution in [-0.2, 0) is 9.59 Å². The molecule has 0 bridgehead atoms. The van der Waals surface area contributed by atoms with Gasteiger partial charge in [0, 0.05) is 64.8 Å². The number of para-hydroxylation sites is 2. The summed E-state index contributed by atoms with van der Waals surface area (Å²) in [5.41, 5.74) is 1.05. The summed E-state index contributed by atoms with van der Waals surface area (Å²) in [6.07, 6.45) is 0.518. The van der Waals surface area contributed by atoms with Gasteiger partial charge in [-0.3, -0.25) is 9.59 Å². The zero-order chi connectivity index (χ0) is 24.8. The van der Waals surface area contributed by atoms with Crippen LogP contribution in [0.4, 0.5) is 11.5 Å². The number of ether oxygens (including phenoxy) is 1. The smallest absolute Gasteiger partial charge is 0.233 e. The summed E-state index contributed by atoms with van der Waals surface area (Å²) in [5, 5.41) is 0.836. The largest absolute Gasteiger partial charge is 0.495 e. The zero-order valence-electron chi connectivity index (χ0n) is 20.2. The topological polar surface area (TPSA) is 82.1 Å². The van der Waals surface area contributed by atoms with E-state index in [1.807, 2.05) is 41.0 Å². The van der Waals surface area contributed by atoms with E-state index >= 15 is 0 Å². The van der Waals surface area contributed by atoms with Gasteiger partial charge in [0.2, 0.25) is 11.8 Å². The summed E-state index contributed by atoms with van der Waals surface area (Å²) in [4.78, 5) is 41.8. The van der Waals surface area contributed by atoms with Crippen molar-refractivity contribution in [3.63, 3.8) is 0 Å². The van der Waals surface area contributed by atoms with E-state index in [4.69, 9.17) is 16.3 Å². The maximum atomic E-state index is 12.9. The lowest BCUT2D eigenvalue weighted by Crippen LogP contribution is -2.49. The van der Waals surface area contributed by atoms with Crippen molar-refractivity contribution in [2.45, 2.75) is 18.5 Å². The van der Waals surface area contributed by atoms with Gasteiger partial charge < -0.3 is 24.3 Å². The SMILES string of the molecule is CCC(=O)N1CCN(c2cc(Cl)nc(SCC(=O)N3CCN(c4ccccc4OC)CC3)n2)CC1. The number of carbonyl (C=O) groups excluding carboxylic acids is 2. The normalized spacial score (nSPS) is 16.4. The monoisotopic (exact) mass is 518 g/mol. The lowest BCUT2D eigenvalue weighted by atomic mass is 10.2. The zero-order valence-corrected chi connectivity index (χ0v) is 21.7. The summed E-state index contributed by atoms with van der Waals surface area (Å²) in [5.74, 6) is 2.06. The number of hydrogen-bond acceptors (Lipinski definition) is 8. The van der Waals surface area contributed by atoms with Crippen LogP contribution >= 0.6 is 23.4 Å². The van der Waals surface area contributed by atoms with Gasteiger partial charge in [-0.1, -0.05) is 42.4 Å². The van der Waals surface area contributed by atoms with E-state index in [2.05, 4.69) is 19.8 Å². The summed E-state index contributed by atoms with van der Waals surface area (Å²) in [6.45, 7) is 7.40. The third kappa shape index (κ3) is 6.29. The Hall–Kier alpha value is -2.72. The molecule has 0 unspecified atom stereocenters. The molecule has 0 spiro atoms. The molecule has 3 heterocycles. The highest BCUT2D eigenvalue weighted by Crippen LogP contribution is 2.29. The number of carbonyl (C=O) groups is 2. The first-order chi connectivity index (χ1) is 17.0. The van der Waals surface area contributed by atoms with Crippen LogP contribution in [0, 0.1) is 0 Å². The molecule has 4 rings (SSSR count). The molecule has 0 radical (unpaired) electrons. The molecule has 188 valence electrons. The van der Waals surface area contributed by atoms with Crippen LogP contribution in [0.5, 0.6) is 5.75 Å². The van der Waals surface area contributed by atoms with Crippen LogP contribution in [0.1, 0.15) is 13.3 Å². The molecule has 0 atom stereocenters. The van der Waals surface area contributed by atoms with Gasteiger partial charge in [-0.25, -0.2) is 9.97 Å².